The second-order valence-electron chi connectivity index (χ2n) is 4.94. The zero-order valence-electron chi connectivity index (χ0n) is 11.3. The van der Waals surface area contributed by atoms with Crippen LogP contribution >= 0.6 is 0 Å². The van der Waals surface area contributed by atoms with Gasteiger partial charge in [0.2, 0.25) is 5.91 Å². The summed E-state index contributed by atoms with van der Waals surface area (Å²) in [4.78, 5) is 26.2. The number of halogens is 1. The highest BCUT2D eigenvalue weighted by molar-refractivity contribution is 5.98. The van der Waals surface area contributed by atoms with Crippen LogP contribution in [0.3, 0.4) is 0 Å². The van der Waals surface area contributed by atoms with E-state index in [1.807, 2.05) is 0 Å². The summed E-state index contributed by atoms with van der Waals surface area (Å²) in [5, 5.41) is 8.80. The van der Waals surface area contributed by atoms with Crippen LogP contribution in [0, 0.1) is 5.82 Å². The van der Waals surface area contributed by atoms with Gasteiger partial charge in [0.25, 0.3) is 0 Å². The van der Waals surface area contributed by atoms with Crippen molar-refractivity contribution in [1.29, 1.82) is 0 Å². The van der Waals surface area contributed by atoms with Crippen molar-refractivity contribution >= 4 is 17.6 Å². The van der Waals surface area contributed by atoms with Crippen LogP contribution in [0.4, 0.5) is 10.1 Å². The molecule has 1 aromatic carbocycles. The molecule has 20 heavy (non-hydrogen) atoms. The summed E-state index contributed by atoms with van der Waals surface area (Å²) in [7, 11) is 1.62. The first-order valence-corrected chi connectivity index (χ1v) is 6.48. The average molecular weight is 280 g/mol. The van der Waals surface area contributed by atoms with E-state index in [4.69, 9.17) is 5.11 Å². The molecule has 1 saturated heterocycles. The van der Waals surface area contributed by atoms with Crippen molar-refractivity contribution in [2.75, 3.05) is 25.0 Å². The largest absolute Gasteiger partial charge is 0.480 e. The third kappa shape index (κ3) is 3.14. The molecule has 1 amide bonds. The molecule has 1 aliphatic heterocycles. The molecule has 0 aromatic heterocycles. The van der Waals surface area contributed by atoms with Gasteiger partial charge in [-0.2, -0.15) is 0 Å². The van der Waals surface area contributed by atoms with Crippen molar-refractivity contribution in [2.45, 2.75) is 18.9 Å². The fourth-order valence-corrected chi connectivity index (χ4v) is 2.49. The topological polar surface area (TPSA) is 60.9 Å². The number of carboxylic acids is 1. The number of likely N-dealkylation sites (N-methyl/N-ethyl adjacent to an activating group) is 1. The number of amides is 1. The maximum Gasteiger partial charge on any atom is 0.317 e. The molecule has 1 atom stereocenters. The van der Waals surface area contributed by atoms with Gasteiger partial charge in [0.15, 0.2) is 0 Å². The molecule has 5 nitrogen and oxygen atoms in total. The Morgan fingerprint density at radius 1 is 1.55 bits per heavy atom. The molecule has 0 saturated carbocycles. The summed E-state index contributed by atoms with van der Waals surface area (Å²) < 4.78 is 13.3. The Morgan fingerprint density at radius 2 is 2.30 bits per heavy atom. The second-order valence-corrected chi connectivity index (χ2v) is 4.94. The molecule has 1 N–H and O–H groups in total. The summed E-state index contributed by atoms with van der Waals surface area (Å²) in [6.07, 6.45) is 1.38. The predicted molar refractivity (Wildman–Crippen MR) is 72.0 cm³/mol. The third-order valence-corrected chi connectivity index (χ3v) is 3.45. The van der Waals surface area contributed by atoms with Crippen molar-refractivity contribution in [2.24, 2.45) is 0 Å². The van der Waals surface area contributed by atoms with Gasteiger partial charge in [-0.3, -0.25) is 14.5 Å². The molecule has 1 heterocycles. The van der Waals surface area contributed by atoms with Gasteiger partial charge < -0.3 is 10.0 Å². The Morgan fingerprint density at radius 3 is 2.95 bits per heavy atom. The molecule has 0 spiro atoms. The molecular weight excluding hydrogens is 263 g/mol. The summed E-state index contributed by atoms with van der Waals surface area (Å²) >= 11 is 0. The minimum atomic E-state index is -0.969. The van der Waals surface area contributed by atoms with E-state index in [9.17, 15) is 14.0 Å². The predicted octanol–water partition coefficient (Wildman–Crippen LogP) is 1.34. The number of aliphatic carboxylic acids is 1. The van der Waals surface area contributed by atoms with Gasteiger partial charge in [-0.1, -0.05) is 6.07 Å². The van der Waals surface area contributed by atoms with Gasteiger partial charge in [-0.15, -0.1) is 0 Å². The van der Waals surface area contributed by atoms with E-state index < -0.39 is 17.8 Å². The van der Waals surface area contributed by atoms with Crippen molar-refractivity contribution in [3.63, 3.8) is 0 Å². The lowest BCUT2D eigenvalue weighted by atomic mass is 10.0. The summed E-state index contributed by atoms with van der Waals surface area (Å²) in [5.74, 6) is -1.54. The van der Waals surface area contributed by atoms with E-state index in [0.29, 0.717) is 18.7 Å². The van der Waals surface area contributed by atoms with E-state index in [-0.39, 0.29) is 12.5 Å². The molecule has 0 aliphatic carbocycles. The Hall–Kier alpha value is -1.95. The number of piperidine rings is 1. The SMILES string of the molecule is CN(CC(=O)O)C1CCCN(c2cccc(F)c2)C1=O. The lowest BCUT2D eigenvalue weighted by molar-refractivity contribution is -0.139. The van der Waals surface area contributed by atoms with E-state index >= 15 is 0 Å². The summed E-state index contributed by atoms with van der Waals surface area (Å²) in [6.45, 7) is 0.340. The van der Waals surface area contributed by atoms with E-state index in [2.05, 4.69) is 0 Å². The molecule has 0 bridgehead atoms. The normalized spacial score (nSPS) is 19.4. The number of hydrogen-bond acceptors (Lipinski definition) is 3. The van der Waals surface area contributed by atoms with Gasteiger partial charge in [0.05, 0.1) is 12.6 Å². The summed E-state index contributed by atoms with van der Waals surface area (Å²) in [6, 6.07) is 5.41. The van der Waals surface area contributed by atoms with Gasteiger partial charge in [0.1, 0.15) is 5.82 Å². The molecule has 1 aromatic rings. The lowest BCUT2D eigenvalue weighted by Crippen LogP contribution is -2.52. The van der Waals surface area contributed by atoms with Crippen molar-refractivity contribution in [3.8, 4) is 0 Å². The number of carboxylic acid groups (broad SMARTS) is 1. The van der Waals surface area contributed by atoms with Crippen LogP contribution < -0.4 is 4.90 Å². The van der Waals surface area contributed by atoms with E-state index in [1.165, 1.54) is 21.9 Å². The third-order valence-electron chi connectivity index (χ3n) is 3.45. The number of nitrogens with zero attached hydrogens (tertiary/aromatic N) is 2. The number of anilines is 1. The number of carbonyl (C=O) groups is 2. The standard InChI is InChI=1S/C14H17FN2O3/c1-16(9-13(18)19)12-6-3-7-17(14(12)20)11-5-2-4-10(15)8-11/h2,4-5,8,12H,3,6-7,9H2,1H3,(H,18,19). The molecule has 108 valence electrons. The van der Waals surface area contributed by atoms with E-state index in [0.717, 1.165) is 6.42 Å². The maximum absolute atomic E-state index is 13.3. The van der Waals surface area contributed by atoms with Gasteiger partial charge in [-0.05, 0) is 38.1 Å². The maximum atomic E-state index is 13.3. The van der Waals surface area contributed by atoms with Crippen LogP contribution in [0.15, 0.2) is 24.3 Å². The van der Waals surface area contributed by atoms with Gasteiger partial charge >= 0.3 is 5.97 Å². The van der Waals surface area contributed by atoms with Crippen LogP contribution in [0.5, 0.6) is 0 Å². The first kappa shape index (κ1) is 14.5. The highest BCUT2D eigenvalue weighted by atomic mass is 19.1. The van der Waals surface area contributed by atoms with Crippen molar-refractivity contribution in [1.82, 2.24) is 4.90 Å². The smallest absolute Gasteiger partial charge is 0.317 e. The van der Waals surface area contributed by atoms with Gasteiger partial charge in [0, 0.05) is 12.2 Å². The zero-order chi connectivity index (χ0) is 14.7. The number of carbonyl (C=O) groups excluding carboxylic acids is 1. The minimum absolute atomic E-state index is 0.175. The molecule has 2 rings (SSSR count). The van der Waals surface area contributed by atoms with Crippen LogP contribution in [0.2, 0.25) is 0 Å². The van der Waals surface area contributed by atoms with Gasteiger partial charge in [-0.25, -0.2) is 4.39 Å². The van der Waals surface area contributed by atoms with Crippen LogP contribution in [0.25, 0.3) is 0 Å². The van der Waals surface area contributed by atoms with Crippen molar-refractivity contribution < 1.29 is 19.1 Å². The number of benzene rings is 1. The fraction of sp³-hybridized carbons (Fsp3) is 0.429. The molecular formula is C14H17FN2O3. The molecule has 1 fully saturated rings. The van der Waals surface area contributed by atoms with Crippen LogP contribution in [0.1, 0.15) is 12.8 Å². The quantitative estimate of drug-likeness (QED) is 0.904. The zero-order valence-corrected chi connectivity index (χ0v) is 11.3. The van der Waals surface area contributed by atoms with Crippen LogP contribution in [-0.4, -0.2) is 48.1 Å². The van der Waals surface area contributed by atoms with Crippen molar-refractivity contribution in [3.05, 3.63) is 30.1 Å². The highest BCUT2D eigenvalue weighted by Gasteiger charge is 2.33. The highest BCUT2D eigenvalue weighted by Crippen LogP contribution is 2.23. The number of rotatable bonds is 4. The molecule has 1 aliphatic rings. The molecule has 0 radical (unpaired) electrons. The first-order chi connectivity index (χ1) is 9.49. The Bertz CT molecular complexity index is 521. The average Bonchev–Trinajstić information content (AvgIpc) is 2.38. The molecule has 1 unspecified atom stereocenters. The lowest BCUT2D eigenvalue weighted by Gasteiger charge is -2.36. The minimum Gasteiger partial charge on any atom is -0.480 e. The Labute approximate surface area is 116 Å². The molecule has 6 heteroatoms. The fourth-order valence-electron chi connectivity index (χ4n) is 2.49. The Kier molecular flexibility index (Phi) is 4.34. The monoisotopic (exact) mass is 280 g/mol. The van der Waals surface area contributed by atoms with E-state index in [1.54, 1.807) is 19.2 Å². The first-order valence-electron chi connectivity index (χ1n) is 6.48. The summed E-state index contributed by atoms with van der Waals surface area (Å²) in [5.41, 5.74) is 0.517. The second kappa shape index (κ2) is 6.00. The van der Waals surface area contributed by atoms with Crippen LogP contribution in [-0.2, 0) is 9.59 Å². The Balaban J connectivity index is 2.16. The number of hydrogen-bond donors (Lipinski definition) is 1.